The Morgan fingerprint density at radius 1 is 1.38 bits per heavy atom. The first-order chi connectivity index (χ1) is 7.68. The third-order valence-electron chi connectivity index (χ3n) is 2.40. The maximum Gasteiger partial charge on any atom is 0.323 e. The Hall–Kier alpha value is -2.10. The van der Waals surface area contributed by atoms with Crippen molar-refractivity contribution in [3.8, 4) is 0 Å². The van der Waals surface area contributed by atoms with E-state index in [1.54, 1.807) is 18.1 Å². The van der Waals surface area contributed by atoms with Gasteiger partial charge in [-0.1, -0.05) is 18.2 Å². The fourth-order valence-electron chi connectivity index (χ4n) is 1.68. The minimum absolute atomic E-state index is 0.0321. The van der Waals surface area contributed by atoms with Crippen LogP contribution in [-0.2, 0) is 4.79 Å². The highest BCUT2D eigenvalue weighted by molar-refractivity contribution is 5.91. The van der Waals surface area contributed by atoms with Crippen molar-refractivity contribution in [2.24, 2.45) is 0 Å². The molecule has 1 N–H and O–H groups in total. The lowest BCUT2D eigenvalue weighted by molar-refractivity contribution is -0.135. The predicted octanol–water partition coefficient (Wildman–Crippen LogP) is 1.76. The van der Waals surface area contributed by atoms with Crippen molar-refractivity contribution in [2.45, 2.75) is 0 Å². The molecule has 0 atom stereocenters. The number of rotatable bonds is 3. The van der Waals surface area contributed by atoms with E-state index in [1.165, 1.54) is 0 Å². The molecule has 2 rings (SSSR count). The number of likely N-dealkylation sites (N-methyl/N-ethyl adjacent to an activating group) is 1. The van der Waals surface area contributed by atoms with Gasteiger partial charge in [0, 0.05) is 18.6 Å². The largest absolute Gasteiger partial charge is 0.480 e. The fraction of sp³-hybridized carbons (Fsp3) is 0.167. The molecular weight excluding hydrogens is 204 g/mol. The van der Waals surface area contributed by atoms with Crippen LogP contribution in [0, 0.1) is 0 Å². The lowest BCUT2D eigenvalue weighted by Gasteiger charge is -2.17. The number of hydrogen-bond acceptors (Lipinski definition) is 3. The Morgan fingerprint density at radius 3 is 2.88 bits per heavy atom. The van der Waals surface area contributed by atoms with Gasteiger partial charge in [-0.3, -0.25) is 9.78 Å². The highest BCUT2D eigenvalue weighted by Crippen LogP contribution is 2.23. The van der Waals surface area contributed by atoms with Gasteiger partial charge in [0.05, 0.1) is 11.2 Å². The van der Waals surface area contributed by atoms with E-state index in [0.717, 1.165) is 16.6 Å². The van der Waals surface area contributed by atoms with Crippen LogP contribution in [0.25, 0.3) is 10.9 Å². The standard InChI is InChI=1S/C12H12N2O2/c1-14(8-11(15)16)10-6-2-4-9-5-3-7-13-12(9)10/h2-7H,8H2,1H3,(H,15,16). The van der Waals surface area contributed by atoms with E-state index >= 15 is 0 Å². The summed E-state index contributed by atoms with van der Waals surface area (Å²) in [5, 5.41) is 9.77. The molecule has 0 unspecified atom stereocenters. The molecular formula is C12H12N2O2. The van der Waals surface area contributed by atoms with Crippen LogP contribution in [0.1, 0.15) is 0 Å². The van der Waals surface area contributed by atoms with Crippen molar-refractivity contribution >= 4 is 22.6 Å². The summed E-state index contributed by atoms with van der Waals surface area (Å²) in [6.07, 6.45) is 1.71. The third-order valence-corrected chi connectivity index (χ3v) is 2.40. The molecule has 4 heteroatoms. The van der Waals surface area contributed by atoms with Gasteiger partial charge in [0.15, 0.2) is 0 Å². The zero-order valence-corrected chi connectivity index (χ0v) is 8.92. The van der Waals surface area contributed by atoms with E-state index in [-0.39, 0.29) is 6.54 Å². The molecule has 0 bridgehead atoms. The first-order valence-electron chi connectivity index (χ1n) is 4.95. The van der Waals surface area contributed by atoms with Gasteiger partial charge >= 0.3 is 5.97 Å². The zero-order chi connectivity index (χ0) is 11.5. The van der Waals surface area contributed by atoms with Crippen molar-refractivity contribution < 1.29 is 9.90 Å². The Labute approximate surface area is 93.1 Å². The van der Waals surface area contributed by atoms with E-state index in [9.17, 15) is 4.79 Å². The molecule has 0 fully saturated rings. The van der Waals surface area contributed by atoms with Crippen LogP contribution in [0.4, 0.5) is 5.69 Å². The highest BCUT2D eigenvalue weighted by Gasteiger charge is 2.09. The Morgan fingerprint density at radius 2 is 2.12 bits per heavy atom. The van der Waals surface area contributed by atoms with Crippen LogP contribution in [-0.4, -0.2) is 29.7 Å². The Bertz CT molecular complexity index is 520. The number of nitrogens with zero attached hydrogens (tertiary/aromatic N) is 2. The summed E-state index contributed by atoms with van der Waals surface area (Å²) >= 11 is 0. The van der Waals surface area contributed by atoms with Gasteiger partial charge in [0.25, 0.3) is 0 Å². The topological polar surface area (TPSA) is 53.4 Å². The molecule has 0 aliphatic carbocycles. The molecule has 0 spiro atoms. The number of carboxylic acids is 1. The lowest BCUT2D eigenvalue weighted by Crippen LogP contribution is -2.25. The average molecular weight is 216 g/mol. The summed E-state index contributed by atoms with van der Waals surface area (Å²) in [6, 6.07) is 9.56. The zero-order valence-electron chi connectivity index (χ0n) is 8.92. The average Bonchev–Trinajstić information content (AvgIpc) is 2.27. The van der Waals surface area contributed by atoms with Gasteiger partial charge in [-0.15, -0.1) is 0 Å². The van der Waals surface area contributed by atoms with Gasteiger partial charge in [-0.05, 0) is 12.1 Å². The van der Waals surface area contributed by atoms with Crippen LogP contribution >= 0.6 is 0 Å². The molecule has 16 heavy (non-hydrogen) atoms. The Kier molecular flexibility index (Phi) is 2.72. The molecule has 4 nitrogen and oxygen atoms in total. The van der Waals surface area contributed by atoms with E-state index in [4.69, 9.17) is 5.11 Å². The van der Waals surface area contributed by atoms with Crippen LogP contribution < -0.4 is 4.90 Å². The van der Waals surface area contributed by atoms with Crippen molar-refractivity contribution in [2.75, 3.05) is 18.5 Å². The molecule has 2 aromatic rings. The van der Waals surface area contributed by atoms with Crippen molar-refractivity contribution in [1.29, 1.82) is 0 Å². The molecule has 82 valence electrons. The van der Waals surface area contributed by atoms with E-state index in [1.807, 2.05) is 30.3 Å². The van der Waals surface area contributed by atoms with Crippen LogP contribution in [0.15, 0.2) is 36.5 Å². The summed E-state index contributed by atoms with van der Waals surface area (Å²) in [5.41, 5.74) is 1.66. The van der Waals surface area contributed by atoms with Gasteiger partial charge in [-0.2, -0.15) is 0 Å². The second-order valence-electron chi connectivity index (χ2n) is 3.60. The first-order valence-corrected chi connectivity index (χ1v) is 4.95. The lowest BCUT2D eigenvalue weighted by atomic mass is 10.2. The second kappa shape index (κ2) is 4.18. The number of hydrogen-bond donors (Lipinski definition) is 1. The maximum atomic E-state index is 10.7. The van der Waals surface area contributed by atoms with Gasteiger partial charge in [-0.25, -0.2) is 0 Å². The summed E-state index contributed by atoms with van der Waals surface area (Å²) in [7, 11) is 1.75. The number of carbonyl (C=O) groups is 1. The number of benzene rings is 1. The van der Waals surface area contributed by atoms with E-state index in [2.05, 4.69) is 4.98 Å². The monoisotopic (exact) mass is 216 g/mol. The van der Waals surface area contributed by atoms with Crippen molar-refractivity contribution in [3.05, 3.63) is 36.5 Å². The summed E-state index contributed by atoms with van der Waals surface area (Å²) in [5.74, 6) is -0.851. The van der Waals surface area contributed by atoms with E-state index in [0.29, 0.717) is 0 Å². The minimum Gasteiger partial charge on any atom is -0.480 e. The summed E-state index contributed by atoms with van der Waals surface area (Å²) in [4.78, 5) is 16.6. The first kappa shape index (κ1) is 10.4. The fourth-order valence-corrected chi connectivity index (χ4v) is 1.68. The van der Waals surface area contributed by atoms with Crippen molar-refractivity contribution in [3.63, 3.8) is 0 Å². The van der Waals surface area contributed by atoms with Gasteiger partial charge in [0.2, 0.25) is 0 Å². The van der Waals surface area contributed by atoms with Crippen LogP contribution in [0.2, 0.25) is 0 Å². The van der Waals surface area contributed by atoms with Gasteiger partial charge < -0.3 is 10.0 Å². The molecule has 0 saturated carbocycles. The SMILES string of the molecule is CN(CC(=O)O)c1cccc2cccnc12. The molecule has 0 radical (unpaired) electrons. The number of anilines is 1. The number of para-hydroxylation sites is 1. The summed E-state index contributed by atoms with van der Waals surface area (Å²) in [6.45, 7) is -0.0321. The van der Waals surface area contributed by atoms with Crippen LogP contribution in [0.3, 0.4) is 0 Å². The molecule has 0 aliphatic rings. The second-order valence-corrected chi connectivity index (χ2v) is 3.60. The normalized spacial score (nSPS) is 10.3. The minimum atomic E-state index is -0.851. The Balaban J connectivity index is 2.47. The molecule has 1 aromatic carbocycles. The highest BCUT2D eigenvalue weighted by atomic mass is 16.4. The maximum absolute atomic E-state index is 10.7. The molecule has 1 aromatic heterocycles. The molecule has 0 saturated heterocycles. The van der Waals surface area contributed by atoms with Crippen LogP contribution in [0.5, 0.6) is 0 Å². The number of aliphatic carboxylic acids is 1. The molecule has 0 aliphatic heterocycles. The number of fused-ring (bicyclic) bond motifs is 1. The number of aromatic nitrogens is 1. The number of carboxylic acid groups (broad SMARTS) is 1. The third kappa shape index (κ3) is 1.95. The number of pyridine rings is 1. The smallest absolute Gasteiger partial charge is 0.323 e. The van der Waals surface area contributed by atoms with Crippen molar-refractivity contribution in [1.82, 2.24) is 4.98 Å². The summed E-state index contributed by atoms with van der Waals surface area (Å²) < 4.78 is 0. The molecule has 1 heterocycles. The predicted molar refractivity (Wildman–Crippen MR) is 62.6 cm³/mol. The van der Waals surface area contributed by atoms with Gasteiger partial charge in [0.1, 0.15) is 6.54 Å². The molecule has 0 amide bonds. The quantitative estimate of drug-likeness (QED) is 0.849. The van der Waals surface area contributed by atoms with E-state index < -0.39 is 5.97 Å².